The van der Waals surface area contributed by atoms with E-state index in [-0.39, 0.29) is 30.0 Å². The zero-order valence-electron chi connectivity index (χ0n) is 23.9. The van der Waals surface area contributed by atoms with E-state index in [0.29, 0.717) is 43.0 Å². The SMILES string of the molecule is COc1ccc(CCN(Cc2cccs2)C(=O)CN(CC2CCCO2)S(=O)(=O)c2cccc3ccccc23)cc1OC. The number of amides is 1. The first kappa shape index (κ1) is 30.0. The van der Waals surface area contributed by atoms with Crippen LogP contribution >= 0.6 is 11.3 Å². The lowest BCUT2D eigenvalue weighted by molar-refractivity contribution is -0.132. The normalized spacial score (nSPS) is 15.3. The first-order valence-electron chi connectivity index (χ1n) is 14.0. The van der Waals surface area contributed by atoms with Crippen molar-refractivity contribution in [2.75, 3.05) is 40.5 Å². The summed E-state index contributed by atoms with van der Waals surface area (Å²) in [7, 11) is -0.830. The summed E-state index contributed by atoms with van der Waals surface area (Å²) in [5.41, 5.74) is 0.983. The van der Waals surface area contributed by atoms with E-state index in [4.69, 9.17) is 14.2 Å². The Labute approximate surface area is 251 Å². The lowest BCUT2D eigenvalue weighted by Crippen LogP contribution is -2.45. The van der Waals surface area contributed by atoms with E-state index >= 15 is 0 Å². The van der Waals surface area contributed by atoms with Crippen LogP contribution in [-0.2, 0) is 32.5 Å². The van der Waals surface area contributed by atoms with Gasteiger partial charge < -0.3 is 19.1 Å². The molecule has 0 saturated carbocycles. The molecule has 222 valence electrons. The molecule has 0 bridgehead atoms. The first-order chi connectivity index (χ1) is 20.4. The summed E-state index contributed by atoms with van der Waals surface area (Å²) in [4.78, 5) is 16.9. The van der Waals surface area contributed by atoms with Crippen molar-refractivity contribution < 1.29 is 27.4 Å². The van der Waals surface area contributed by atoms with Gasteiger partial charge >= 0.3 is 0 Å². The Hall–Kier alpha value is -3.44. The van der Waals surface area contributed by atoms with Crippen molar-refractivity contribution in [2.24, 2.45) is 0 Å². The van der Waals surface area contributed by atoms with Gasteiger partial charge in [-0.1, -0.05) is 48.5 Å². The molecule has 1 aromatic heterocycles. The van der Waals surface area contributed by atoms with E-state index in [9.17, 15) is 13.2 Å². The van der Waals surface area contributed by atoms with Gasteiger partial charge in [-0.3, -0.25) is 4.79 Å². The molecule has 0 aliphatic carbocycles. The number of carbonyl (C=O) groups is 1. The Morgan fingerprint density at radius 1 is 1.00 bits per heavy atom. The van der Waals surface area contributed by atoms with E-state index in [1.807, 2.05) is 60.0 Å². The third-order valence-corrected chi connectivity index (χ3v) is 10.2. The molecule has 42 heavy (non-hydrogen) atoms. The third kappa shape index (κ3) is 6.95. The van der Waals surface area contributed by atoms with Crippen molar-refractivity contribution in [2.45, 2.75) is 36.8 Å². The number of sulfonamides is 1. The van der Waals surface area contributed by atoms with Crippen LogP contribution in [0.1, 0.15) is 23.3 Å². The maximum atomic E-state index is 14.2. The maximum absolute atomic E-state index is 14.2. The fourth-order valence-electron chi connectivity index (χ4n) is 5.26. The standard InChI is InChI=1S/C32H36N2O6S2/c1-38-29-15-14-24(20-30(29)39-2)16-17-33(22-27-11-7-19-41-27)32(35)23-34(21-26-10-6-18-40-26)42(36,37)31-13-5-9-25-8-3-4-12-28(25)31/h3-5,7-9,11-15,19-20,26H,6,10,16-18,21-23H2,1-2H3. The molecule has 1 atom stereocenters. The minimum Gasteiger partial charge on any atom is -0.493 e. The molecule has 2 heterocycles. The molecule has 1 unspecified atom stereocenters. The van der Waals surface area contributed by atoms with Crippen LogP contribution in [0.4, 0.5) is 0 Å². The van der Waals surface area contributed by atoms with E-state index < -0.39 is 10.0 Å². The molecule has 3 aromatic carbocycles. The second-order valence-electron chi connectivity index (χ2n) is 10.2. The van der Waals surface area contributed by atoms with Gasteiger partial charge in [-0.15, -0.1) is 11.3 Å². The van der Waals surface area contributed by atoms with Gasteiger partial charge in [-0.25, -0.2) is 8.42 Å². The van der Waals surface area contributed by atoms with Crippen LogP contribution in [0.3, 0.4) is 0 Å². The number of carbonyl (C=O) groups excluding carboxylic acids is 1. The molecule has 0 radical (unpaired) electrons. The summed E-state index contributed by atoms with van der Waals surface area (Å²) in [6.45, 7) is 1.25. The average Bonchev–Trinajstić information content (AvgIpc) is 3.73. The van der Waals surface area contributed by atoms with Crippen LogP contribution in [0.15, 0.2) is 83.1 Å². The molecule has 1 aliphatic rings. The largest absolute Gasteiger partial charge is 0.493 e. The van der Waals surface area contributed by atoms with Crippen LogP contribution in [-0.4, -0.2) is 70.1 Å². The number of nitrogens with zero attached hydrogens (tertiary/aromatic N) is 2. The summed E-state index contributed by atoms with van der Waals surface area (Å²) < 4.78 is 46.3. The minimum absolute atomic E-state index is 0.125. The number of rotatable bonds is 13. The van der Waals surface area contributed by atoms with Gasteiger partial charge in [0.2, 0.25) is 15.9 Å². The van der Waals surface area contributed by atoms with Gasteiger partial charge in [-0.05, 0) is 59.9 Å². The maximum Gasteiger partial charge on any atom is 0.244 e. The number of hydrogen-bond acceptors (Lipinski definition) is 7. The number of hydrogen-bond donors (Lipinski definition) is 0. The van der Waals surface area contributed by atoms with E-state index in [1.165, 1.54) is 4.31 Å². The van der Waals surface area contributed by atoms with Crippen molar-refractivity contribution in [1.29, 1.82) is 0 Å². The number of benzene rings is 3. The average molecular weight is 609 g/mol. The molecule has 1 saturated heterocycles. The summed E-state index contributed by atoms with van der Waals surface area (Å²) in [6.07, 6.45) is 1.95. The lowest BCUT2D eigenvalue weighted by Gasteiger charge is -2.29. The van der Waals surface area contributed by atoms with E-state index in [2.05, 4.69) is 0 Å². The fourth-order valence-corrected chi connectivity index (χ4v) is 7.61. The zero-order valence-corrected chi connectivity index (χ0v) is 25.5. The number of ether oxygens (including phenoxy) is 3. The zero-order chi connectivity index (χ0) is 29.5. The Kier molecular flexibility index (Phi) is 9.79. The second-order valence-corrected chi connectivity index (χ2v) is 13.2. The summed E-state index contributed by atoms with van der Waals surface area (Å²) in [5.74, 6) is 0.997. The highest BCUT2D eigenvalue weighted by Crippen LogP contribution is 2.29. The molecule has 5 rings (SSSR count). The summed E-state index contributed by atoms with van der Waals surface area (Å²) in [5, 5.41) is 3.44. The molecular formula is C32H36N2O6S2. The Morgan fingerprint density at radius 3 is 2.55 bits per heavy atom. The van der Waals surface area contributed by atoms with Crippen LogP contribution in [0.2, 0.25) is 0 Å². The molecule has 0 N–H and O–H groups in total. The van der Waals surface area contributed by atoms with Crippen molar-refractivity contribution in [3.8, 4) is 11.5 Å². The van der Waals surface area contributed by atoms with Gasteiger partial charge in [0.1, 0.15) is 0 Å². The molecule has 1 fully saturated rings. The fraction of sp³-hybridized carbons (Fsp3) is 0.344. The van der Waals surface area contributed by atoms with E-state index in [1.54, 1.807) is 48.7 Å². The summed E-state index contributed by atoms with van der Waals surface area (Å²) >= 11 is 1.57. The lowest BCUT2D eigenvalue weighted by atomic mass is 10.1. The number of fused-ring (bicyclic) bond motifs is 1. The number of thiophene rings is 1. The van der Waals surface area contributed by atoms with Gasteiger partial charge in [0.25, 0.3) is 0 Å². The predicted molar refractivity (Wildman–Crippen MR) is 165 cm³/mol. The van der Waals surface area contributed by atoms with Gasteiger partial charge in [0, 0.05) is 30.0 Å². The Balaban J connectivity index is 1.42. The van der Waals surface area contributed by atoms with Crippen LogP contribution < -0.4 is 9.47 Å². The number of methoxy groups -OCH3 is 2. The highest BCUT2D eigenvalue weighted by atomic mass is 32.2. The van der Waals surface area contributed by atoms with E-state index in [0.717, 1.165) is 28.7 Å². The minimum atomic E-state index is -4.01. The van der Waals surface area contributed by atoms with Crippen LogP contribution in [0.25, 0.3) is 10.8 Å². The van der Waals surface area contributed by atoms with Gasteiger partial charge in [0.05, 0.1) is 38.3 Å². The van der Waals surface area contributed by atoms with Gasteiger partial charge in [0.15, 0.2) is 11.5 Å². The molecule has 1 amide bonds. The highest BCUT2D eigenvalue weighted by molar-refractivity contribution is 7.89. The van der Waals surface area contributed by atoms with Crippen LogP contribution in [0, 0.1) is 0 Å². The summed E-state index contributed by atoms with van der Waals surface area (Å²) in [6, 6.07) is 22.3. The van der Waals surface area contributed by atoms with Crippen LogP contribution in [0.5, 0.6) is 11.5 Å². The molecular weight excluding hydrogens is 572 g/mol. The quantitative estimate of drug-likeness (QED) is 0.203. The molecule has 0 spiro atoms. The molecule has 10 heteroatoms. The molecule has 4 aromatic rings. The third-order valence-electron chi connectivity index (χ3n) is 7.51. The van der Waals surface area contributed by atoms with Crippen molar-refractivity contribution in [1.82, 2.24) is 9.21 Å². The highest BCUT2D eigenvalue weighted by Gasteiger charge is 2.33. The second kappa shape index (κ2) is 13.7. The topological polar surface area (TPSA) is 85.4 Å². The van der Waals surface area contributed by atoms with Crippen molar-refractivity contribution >= 4 is 38.0 Å². The first-order valence-corrected chi connectivity index (χ1v) is 16.3. The monoisotopic (exact) mass is 608 g/mol. The Bertz CT molecular complexity index is 1600. The molecule has 1 aliphatic heterocycles. The predicted octanol–water partition coefficient (Wildman–Crippen LogP) is 5.36. The molecule has 8 nitrogen and oxygen atoms in total. The van der Waals surface area contributed by atoms with Crippen molar-refractivity contribution in [3.63, 3.8) is 0 Å². The van der Waals surface area contributed by atoms with Crippen molar-refractivity contribution in [3.05, 3.63) is 88.6 Å². The smallest absolute Gasteiger partial charge is 0.244 e. The Morgan fingerprint density at radius 2 is 1.81 bits per heavy atom. The van der Waals surface area contributed by atoms with Gasteiger partial charge in [-0.2, -0.15) is 4.31 Å².